The quantitative estimate of drug-likeness (QED) is 0.598. The second kappa shape index (κ2) is 5.79. The first-order valence-corrected chi connectivity index (χ1v) is 7.58. The Balaban J connectivity index is 1.58. The van der Waals surface area contributed by atoms with Crippen LogP contribution < -0.4 is 11.1 Å². The normalized spacial score (nSPS) is 10.9. The summed E-state index contributed by atoms with van der Waals surface area (Å²) in [6.45, 7) is 1.85. The van der Waals surface area contributed by atoms with E-state index in [1.165, 1.54) is 0 Å². The molecule has 25 heavy (non-hydrogen) atoms. The number of carbonyl (C=O) groups excluding carboxylic acids is 1. The van der Waals surface area contributed by atoms with E-state index in [0.717, 1.165) is 10.9 Å². The fraction of sp³-hybridized carbons (Fsp3) is 0.0556. The van der Waals surface area contributed by atoms with E-state index >= 15 is 0 Å². The van der Waals surface area contributed by atoms with Gasteiger partial charge < -0.3 is 9.73 Å². The minimum absolute atomic E-state index is 0.283. The Morgan fingerprint density at radius 1 is 1.12 bits per heavy atom. The summed E-state index contributed by atoms with van der Waals surface area (Å²) in [5.74, 6) is -0.328. The summed E-state index contributed by atoms with van der Waals surface area (Å²) in [7, 11) is 0. The van der Waals surface area contributed by atoms with E-state index in [4.69, 9.17) is 4.42 Å². The highest BCUT2D eigenvalue weighted by atomic mass is 16.5. The van der Waals surface area contributed by atoms with Gasteiger partial charge >= 0.3 is 5.76 Å². The number of carbonyl (C=O) groups is 1. The van der Waals surface area contributed by atoms with Gasteiger partial charge in [-0.2, -0.15) is 0 Å². The van der Waals surface area contributed by atoms with E-state index in [2.05, 4.69) is 20.0 Å². The minimum Gasteiger partial charge on any atom is -0.451 e. The Bertz CT molecular complexity index is 1120. The van der Waals surface area contributed by atoms with Crippen LogP contribution in [0.2, 0.25) is 0 Å². The zero-order chi connectivity index (χ0) is 17.4. The van der Waals surface area contributed by atoms with Crippen LogP contribution in [0.4, 0.5) is 5.69 Å². The molecule has 2 heterocycles. The fourth-order valence-electron chi connectivity index (χ4n) is 2.64. The second-order valence-corrected chi connectivity index (χ2v) is 5.53. The summed E-state index contributed by atoms with van der Waals surface area (Å²) < 4.78 is 10.1. The number of para-hydroxylation sites is 1. The largest absolute Gasteiger partial charge is 0.451 e. The highest BCUT2D eigenvalue weighted by Gasteiger charge is 2.17. The van der Waals surface area contributed by atoms with Crippen molar-refractivity contribution in [1.29, 1.82) is 0 Å². The molecule has 0 radical (unpaired) electrons. The van der Waals surface area contributed by atoms with Crippen molar-refractivity contribution in [3.05, 3.63) is 70.4 Å². The third kappa shape index (κ3) is 2.72. The van der Waals surface area contributed by atoms with Gasteiger partial charge in [-0.3, -0.25) is 14.3 Å². The van der Waals surface area contributed by atoms with Crippen molar-refractivity contribution in [2.24, 2.45) is 0 Å². The SMILES string of the molecule is Cc1c(C(=O)Nc2ccc(-c3noc(=O)[nH]3)cc2)oc2ccccc12. The number of aryl methyl sites for hydroxylation is 1. The lowest BCUT2D eigenvalue weighted by Crippen LogP contribution is -2.12. The number of hydrogen-bond donors (Lipinski definition) is 2. The predicted octanol–water partition coefficient (Wildman–Crippen LogP) is 3.34. The van der Waals surface area contributed by atoms with E-state index in [0.29, 0.717) is 22.7 Å². The molecular formula is C18H13N3O4. The van der Waals surface area contributed by atoms with Crippen LogP contribution >= 0.6 is 0 Å². The summed E-state index contributed by atoms with van der Waals surface area (Å²) in [5, 5.41) is 7.32. The van der Waals surface area contributed by atoms with Gasteiger partial charge in [0, 0.05) is 22.2 Å². The molecule has 2 aromatic carbocycles. The third-order valence-corrected chi connectivity index (χ3v) is 3.91. The molecule has 0 saturated carbocycles. The average molecular weight is 335 g/mol. The molecule has 0 fully saturated rings. The number of rotatable bonds is 3. The van der Waals surface area contributed by atoms with Crippen LogP contribution in [-0.2, 0) is 0 Å². The van der Waals surface area contributed by atoms with E-state index in [1.807, 2.05) is 31.2 Å². The molecule has 0 bridgehead atoms. The number of H-pyrrole nitrogens is 1. The van der Waals surface area contributed by atoms with Gasteiger partial charge in [0.2, 0.25) is 0 Å². The Morgan fingerprint density at radius 3 is 2.56 bits per heavy atom. The molecule has 2 aromatic heterocycles. The van der Waals surface area contributed by atoms with Gasteiger partial charge in [0.05, 0.1) is 0 Å². The summed E-state index contributed by atoms with van der Waals surface area (Å²) in [5.41, 5.74) is 2.74. The molecule has 0 saturated heterocycles. The molecule has 7 heteroatoms. The molecule has 4 rings (SSSR count). The molecule has 7 nitrogen and oxygen atoms in total. The summed E-state index contributed by atoms with van der Waals surface area (Å²) in [6.07, 6.45) is 0. The van der Waals surface area contributed by atoms with Crippen molar-refractivity contribution in [3.63, 3.8) is 0 Å². The van der Waals surface area contributed by atoms with E-state index in [9.17, 15) is 9.59 Å². The van der Waals surface area contributed by atoms with Crippen LogP contribution in [0, 0.1) is 6.92 Å². The number of amides is 1. The van der Waals surface area contributed by atoms with Crippen LogP contribution in [0.1, 0.15) is 16.1 Å². The number of furan rings is 1. The second-order valence-electron chi connectivity index (χ2n) is 5.53. The standard InChI is InChI=1S/C18H13N3O4/c1-10-13-4-2-3-5-14(13)24-15(10)17(22)19-12-8-6-11(7-9-12)16-20-18(23)25-21-16/h2-9H,1H3,(H,19,22)(H,20,21,23). The fourth-order valence-corrected chi connectivity index (χ4v) is 2.64. The molecular weight excluding hydrogens is 322 g/mol. The Hall–Kier alpha value is -3.61. The Labute approximate surface area is 141 Å². The van der Waals surface area contributed by atoms with Gasteiger partial charge in [-0.25, -0.2) is 4.79 Å². The van der Waals surface area contributed by atoms with E-state index < -0.39 is 5.76 Å². The molecule has 4 aromatic rings. The number of anilines is 1. The Kier molecular flexibility index (Phi) is 3.46. The lowest BCUT2D eigenvalue weighted by Gasteiger charge is -2.04. The minimum atomic E-state index is -0.618. The van der Waals surface area contributed by atoms with Crippen molar-refractivity contribution in [1.82, 2.24) is 10.1 Å². The summed E-state index contributed by atoms with van der Waals surface area (Å²) in [6, 6.07) is 14.4. The van der Waals surface area contributed by atoms with Gasteiger partial charge in [-0.1, -0.05) is 23.4 Å². The van der Waals surface area contributed by atoms with Crippen molar-refractivity contribution in [2.45, 2.75) is 6.92 Å². The molecule has 0 atom stereocenters. The van der Waals surface area contributed by atoms with Crippen LogP contribution in [0.15, 0.2) is 62.3 Å². The summed E-state index contributed by atoms with van der Waals surface area (Å²) in [4.78, 5) is 25.9. The van der Waals surface area contributed by atoms with E-state index in [-0.39, 0.29) is 11.7 Å². The van der Waals surface area contributed by atoms with Crippen LogP contribution in [0.25, 0.3) is 22.4 Å². The van der Waals surface area contributed by atoms with Gasteiger partial charge in [0.25, 0.3) is 5.91 Å². The molecule has 0 aliphatic rings. The topological polar surface area (TPSA) is 101 Å². The lowest BCUT2D eigenvalue weighted by atomic mass is 10.1. The van der Waals surface area contributed by atoms with Crippen molar-refractivity contribution < 1.29 is 13.7 Å². The average Bonchev–Trinajstić information content (AvgIpc) is 3.20. The number of hydrogen-bond acceptors (Lipinski definition) is 5. The summed E-state index contributed by atoms with van der Waals surface area (Å²) >= 11 is 0. The maximum atomic E-state index is 12.5. The molecule has 1 amide bonds. The van der Waals surface area contributed by atoms with Crippen molar-refractivity contribution >= 4 is 22.6 Å². The molecule has 0 aliphatic heterocycles. The predicted molar refractivity (Wildman–Crippen MR) is 91.5 cm³/mol. The molecule has 0 unspecified atom stereocenters. The first-order valence-electron chi connectivity index (χ1n) is 7.58. The van der Waals surface area contributed by atoms with Crippen LogP contribution in [0.5, 0.6) is 0 Å². The molecule has 0 spiro atoms. The maximum Gasteiger partial charge on any atom is 0.439 e. The zero-order valence-electron chi connectivity index (χ0n) is 13.2. The highest BCUT2D eigenvalue weighted by molar-refractivity contribution is 6.06. The van der Waals surface area contributed by atoms with Crippen LogP contribution in [0.3, 0.4) is 0 Å². The number of nitrogens with one attached hydrogen (secondary N) is 2. The molecule has 124 valence electrons. The molecule has 0 aliphatic carbocycles. The van der Waals surface area contributed by atoms with Gasteiger partial charge in [0.15, 0.2) is 11.6 Å². The monoisotopic (exact) mass is 335 g/mol. The van der Waals surface area contributed by atoms with Gasteiger partial charge in [-0.15, -0.1) is 0 Å². The smallest absolute Gasteiger partial charge is 0.439 e. The number of nitrogens with zero attached hydrogens (tertiary/aromatic N) is 1. The number of aromatic nitrogens is 2. The number of aromatic amines is 1. The first kappa shape index (κ1) is 14.9. The van der Waals surface area contributed by atoms with Crippen molar-refractivity contribution in [2.75, 3.05) is 5.32 Å². The van der Waals surface area contributed by atoms with E-state index in [1.54, 1.807) is 24.3 Å². The zero-order valence-corrected chi connectivity index (χ0v) is 13.2. The van der Waals surface area contributed by atoms with Gasteiger partial charge in [0.1, 0.15) is 5.58 Å². The van der Waals surface area contributed by atoms with Crippen LogP contribution in [-0.4, -0.2) is 16.0 Å². The maximum absolute atomic E-state index is 12.5. The molecule has 2 N–H and O–H groups in total. The Morgan fingerprint density at radius 2 is 1.88 bits per heavy atom. The lowest BCUT2D eigenvalue weighted by molar-refractivity contribution is 0.0998. The highest BCUT2D eigenvalue weighted by Crippen LogP contribution is 2.26. The third-order valence-electron chi connectivity index (χ3n) is 3.91. The van der Waals surface area contributed by atoms with Crippen molar-refractivity contribution in [3.8, 4) is 11.4 Å². The first-order chi connectivity index (χ1) is 12.1. The number of fused-ring (bicyclic) bond motifs is 1. The van der Waals surface area contributed by atoms with Gasteiger partial charge in [-0.05, 0) is 37.3 Å². The number of benzene rings is 2.